The van der Waals surface area contributed by atoms with Crippen molar-refractivity contribution >= 4 is 29.4 Å². The van der Waals surface area contributed by atoms with Crippen LogP contribution in [0.15, 0.2) is 36.5 Å². The smallest absolute Gasteiger partial charge is 0.410 e. The van der Waals surface area contributed by atoms with Crippen LogP contribution in [0.5, 0.6) is 0 Å². The van der Waals surface area contributed by atoms with Crippen molar-refractivity contribution in [2.45, 2.75) is 58.2 Å². The van der Waals surface area contributed by atoms with E-state index in [1.165, 1.54) is 16.8 Å². The van der Waals surface area contributed by atoms with Gasteiger partial charge in [-0.25, -0.2) is 23.4 Å². The Bertz CT molecular complexity index is 1390. The second kappa shape index (κ2) is 10.3. The van der Waals surface area contributed by atoms with Gasteiger partial charge in [0.2, 0.25) is 0 Å². The molecule has 208 valence electrons. The number of nitrogens with one attached hydrogen (secondary N) is 1. The number of carbonyl (C=O) groups excluding carboxylic acids is 2. The summed E-state index contributed by atoms with van der Waals surface area (Å²) in [6, 6.07) is 6.16. The van der Waals surface area contributed by atoms with Gasteiger partial charge in [0.1, 0.15) is 23.1 Å². The molecule has 39 heavy (non-hydrogen) atoms. The number of hydrogen-bond acceptors (Lipinski definition) is 6. The van der Waals surface area contributed by atoms with E-state index in [-0.39, 0.29) is 18.1 Å². The summed E-state index contributed by atoms with van der Waals surface area (Å²) < 4.78 is 35.5. The molecule has 1 unspecified atom stereocenters. The van der Waals surface area contributed by atoms with E-state index in [9.17, 15) is 18.4 Å². The van der Waals surface area contributed by atoms with E-state index in [0.717, 1.165) is 18.6 Å². The molecule has 2 saturated heterocycles. The summed E-state index contributed by atoms with van der Waals surface area (Å²) >= 11 is 0. The number of rotatable bonds is 3. The molecule has 12 heteroatoms. The third-order valence-electron chi connectivity index (χ3n) is 6.99. The van der Waals surface area contributed by atoms with Crippen molar-refractivity contribution in [3.05, 3.63) is 53.7 Å². The van der Waals surface area contributed by atoms with Crippen molar-refractivity contribution in [2.75, 3.05) is 36.4 Å². The first-order valence-corrected chi connectivity index (χ1v) is 13.1. The van der Waals surface area contributed by atoms with Crippen molar-refractivity contribution in [1.29, 1.82) is 0 Å². The van der Waals surface area contributed by atoms with Crippen LogP contribution in [0.25, 0.3) is 5.65 Å². The number of nitrogens with zero attached hydrogens (tertiary/aromatic N) is 6. The highest BCUT2D eigenvalue weighted by atomic mass is 19.1. The van der Waals surface area contributed by atoms with Gasteiger partial charge in [-0.2, -0.15) is 4.52 Å². The first kappa shape index (κ1) is 26.6. The van der Waals surface area contributed by atoms with Crippen molar-refractivity contribution < 1.29 is 23.1 Å². The number of halogens is 2. The second-order valence-corrected chi connectivity index (χ2v) is 11.0. The SMILES string of the molecule is CC1CN(C(=O)Nc2cnc3ccc(N4CCC[C@@H]4c4cc(F)ccc4F)nn23)CCN1C(=O)OC(C)(C)C. The lowest BCUT2D eigenvalue weighted by atomic mass is 10.0. The molecule has 2 aromatic heterocycles. The minimum absolute atomic E-state index is 0.221. The molecule has 0 aliphatic carbocycles. The standard InChI is InChI=1S/C27H33F2N7O3/c1-17-16-33(12-13-34(17)26(38)39-27(2,3)4)25(37)31-24-15-30-22-9-10-23(32-36(22)24)35-11-5-6-21(35)19-14-18(28)7-8-20(19)29/h7-10,14-15,17,21H,5-6,11-13,16H2,1-4H3,(H,31,37)/t17?,21-/m1/s1. The van der Waals surface area contributed by atoms with Crippen LogP contribution in [0, 0.1) is 11.6 Å². The average molecular weight is 542 g/mol. The van der Waals surface area contributed by atoms with E-state index >= 15 is 0 Å². The number of aromatic nitrogens is 3. The molecule has 10 nitrogen and oxygen atoms in total. The van der Waals surface area contributed by atoms with Crippen LogP contribution in [-0.2, 0) is 4.74 Å². The molecule has 3 aromatic rings. The van der Waals surface area contributed by atoms with E-state index in [1.807, 2.05) is 32.6 Å². The fourth-order valence-electron chi connectivity index (χ4n) is 5.16. The lowest BCUT2D eigenvalue weighted by Gasteiger charge is -2.40. The molecule has 0 radical (unpaired) electrons. The van der Waals surface area contributed by atoms with Crippen molar-refractivity contribution in [2.24, 2.45) is 0 Å². The largest absolute Gasteiger partial charge is 0.444 e. The minimum Gasteiger partial charge on any atom is -0.444 e. The Morgan fingerprint density at radius 2 is 1.90 bits per heavy atom. The molecule has 2 aliphatic heterocycles. The van der Waals surface area contributed by atoms with E-state index in [2.05, 4.69) is 15.4 Å². The Hall–Kier alpha value is -3.96. The minimum atomic E-state index is -0.596. The summed E-state index contributed by atoms with van der Waals surface area (Å²) in [5.74, 6) is 0.0157. The number of hydrogen-bond donors (Lipinski definition) is 1. The molecule has 2 aliphatic rings. The lowest BCUT2D eigenvalue weighted by Crippen LogP contribution is -2.57. The highest BCUT2D eigenvalue weighted by Crippen LogP contribution is 2.36. The number of amides is 3. The van der Waals surface area contributed by atoms with Gasteiger partial charge in [0.15, 0.2) is 11.5 Å². The summed E-state index contributed by atoms with van der Waals surface area (Å²) in [7, 11) is 0. The van der Waals surface area contributed by atoms with Crippen molar-refractivity contribution in [3.63, 3.8) is 0 Å². The zero-order valence-corrected chi connectivity index (χ0v) is 22.5. The molecule has 3 amide bonds. The molecule has 0 spiro atoms. The Labute approximate surface area is 225 Å². The van der Waals surface area contributed by atoms with Gasteiger partial charge in [-0.05, 0) is 70.9 Å². The fraction of sp³-hybridized carbons (Fsp3) is 0.481. The molecule has 0 saturated carbocycles. The number of anilines is 2. The van der Waals surface area contributed by atoms with E-state index < -0.39 is 23.3 Å². The Kier molecular flexibility index (Phi) is 7.04. The maximum absolute atomic E-state index is 14.6. The van der Waals surface area contributed by atoms with Gasteiger partial charge in [0, 0.05) is 37.8 Å². The number of imidazole rings is 1. The van der Waals surface area contributed by atoms with E-state index in [1.54, 1.807) is 21.9 Å². The van der Waals surface area contributed by atoms with Gasteiger partial charge >= 0.3 is 12.1 Å². The molecular weight excluding hydrogens is 508 g/mol. The van der Waals surface area contributed by atoms with Gasteiger partial charge in [-0.1, -0.05) is 0 Å². The molecule has 2 atom stereocenters. The highest BCUT2D eigenvalue weighted by molar-refractivity contribution is 5.89. The quantitative estimate of drug-likeness (QED) is 0.511. The number of benzene rings is 1. The number of fused-ring (bicyclic) bond motifs is 1. The van der Waals surface area contributed by atoms with E-state index in [0.29, 0.717) is 55.4 Å². The third kappa shape index (κ3) is 5.59. The predicted molar refractivity (Wildman–Crippen MR) is 142 cm³/mol. The van der Waals surface area contributed by atoms with Crippen LogP contribution >= 0.6 is 0 Å². The highest BCUT2D eigenvalue weighted by Gasteiger charge is 2.33. The molecule has 0 bridgehead atoms. The Morgan fingerprint density at radius 3 is 2.64 bits per heavy atom. The number of piperazine rings is 1. The molecule has 5 rings (SSSR count). The number of ether oxygens (including phenoxy) is 1. The van der Waals surface area contributed by atoms with Crippen LogP contribution in [0.2, 0.25) is 0 Å². The molecule has 1 aromatic carbocycles. The Morgan fingerprint density at radius 1 is 1.10 bits per heavy atom. The molecular formula is C27H33F2N7O3. The first-order chi connectivity index (χ1) is 18.5. The lowest BCUT2D eigenvalue weighted by molar-refractivity contribution is 0.00588. The summed E-state index contributed by atoms with van der Waals surface area (Å²) in [5, 5.41) is 7.57. The zero-order valence-electron chi connectivity index (χ0n) is 22.5. The summed E-state index contributed by atoms with van der Waals surface area (Å²) in [5.41, 5.74) is 0.235. The number of urea groups is 1. The molecule has 4 heterocycles. The molecule has 1 N–H and O–H groups in total. The maximum Gasteiger partial charge on any atom is 0.410 e. The topological polar surface area (TPSA) is 95.3 Å². The summed E-state index contributed by atoms with van der Waals surface area (Å²) in [6.45, 7) is 9.00. The monoisotopic (exact) mass is 541 g/mol. The van der Waals surface area contributed by atoms with Crippen LogP contribution in [0.3, 0.4) is 0 Å². The summed E-state index contributed by atoms with van der Waals surface area (Å²) in [6.07, 6.45) is 2.60. The van der Waals surface area contributed by atoms with Gasteiger partial charge in [-0.3, -0.25) is 5.32 Å². The fourth-order valence-corrected chi connectivity index (χ4v) is 5.16. The van der Waals surface area contributed by atoms with Gasteiger partial charge < -0.3 is 19.4 Å². The number of carbonyl (C=O) groups is 2. The van der Waals surface area contributed by atoms with Gasteiger partial charge in [0.05, 0.1) is 12.2 Å². The average Bonchev–Trinajstić information content (AvgIpc) is 3.51. The van der Waals surface area contributed by atoms with Crippen LogP contribution in [-0.4, -0.2) is 74.3 Å². The first-order valence-electron chi connectivity index (χ1n) is 13.1. The Balaban J connectivity index is 1.30. The van der Waals surface area contributed by atoms with E-state index in [4.69, 9.17) is 4.74 Å². The van der Waals surface area contributed by atoms with Crippen molar-refractivity contribution in [3.8, 4) is 0 Å². The van der Waals surface area contributed by atoms with Crippen molar-refractivity contribution in [1.82, 2.24) is 24.4 Å². The second-order valence-electron chi connectivity index (χ2n) is 11.0. The van der Waals surface area contributed by atoms with Gasteiger partial charge in [0.25, 0.3) is 0 Å². The normalized spacial score (nSPS) is 20.0. The predicted octanol–water partition coefficient (Wildman–Crippen LogP) is 4.82. The summed E-state index contributed by atoms with van der Waals surface area (Å²) in [4.78, 5) is 35.2. The maximum atomic E-state index is 14.6. The zero-order chi connectivity index (χ0) is 27.9. The van der Waals surface area contributed by atoms with Gasteiger partial charge in [-0.15, -0.1) is 5.10 Å². The van der Waals surface area contributed by atoms with Crippen LogP contribution in [0.1, 0.15) is 52.1 Å². The van der Waals surface area contributed by atoms with Crippen LogP contribution in [0.4, 0.5) is 30.0 Å². The van der Waals surface area contributed by atoms with Crippen LogP contribution < -0.4 is 10.2 Å². The third-order valence-corrected chi connectivity index (χ3v) is 6.99. The molecule has 2 fully saturated rings.